The number of benzene rings is 1. The number of allylic oxidation sites excluding steroid dienone is 3. The minimum Gasteiger partial charge on any atom is -0.511 e. The van der Waals surface area contributed by atoms with Gasteiger partial charge in [0.25, 0.3) is 5.91 Å². The third-order valence-corrected chi connectivity index (χ3v) is 5.17. The van der Waals surface area contributed by atoms with Gasteiger partial charge in [-0.1, -0.05) is 44.6 Å². The van der Waals surface area contributed by atoms with Crippen molar-refractivity contribution in [3.63, 3.8) is 0 Å². The number of carbonyl (C=O) groups is 2. The van der Waals surface area contributed by atoms with Crippen molar-refractivity contribution in [3.8, 4) is 5.75 Å². The molecule has 0 aromatic heterocycles. The summed E-state index contributed by atoms with van der Waals surface area (Å²) in [5.74, 6) is -0.755. The van der Waals surface area contributed by atoms with Crippen LogP contribution in [0.4, 0.5) is 0 Å². The minimum absolute atomic E-state index is 0.107. The van der Waals surface area contributed by atoms with E-state index in [1.807, 2.05) is 6.92 Å². The molecule has 0 aliphatic carbocycles. The predicted molar refractivity (Wildman–Crippen MR) is 110 cm³/mol. The Kier molecular flexibility index (Phi) is 7.44. The fraction of sp³-hybridized carbons (Fsp3) is 0.478. The van der Waals surface area contributed by atoms with Crippen molar-refractivity contribution < 1.29 is 19.8 Å². The van der Waals surface area contributed by atoms with Gasteiger partial charge in [-0.05, 0) is 49.8 Å². The van der Waals surface area contributed by atoms with Gasteiger partial charge in [0.1, 0.15) is 17.1 Å². The lowest BCUT2D eigenvalue weighted by Crippen LogP contribution is -2.31. The van der Waals surface area contributed by atoms with Gasteiger partial charge in [-0.25, -0.2) is 0 Å². The highest BCUT2D eigenvalue weighted by Crippen LogP contribution is 2.27. The molecule has 0 spiro atoms. The van der Waals surface area contributed by atoms with Gasteiger partial charge >= 0.3 is 0 Å². The van der Waals surface area contributed by atoms with E-state index in [4.69, 9.17) is 0 Å². The van der Waals surface area contributed by atoms with Crippen LogP contribution in [0.1, 0.15) is 52.5 Å². The van der Waals surface area contributed by atoms with Crippen LogP contribution in [0.25, 0.3) is 0 Å². The zero-order chi connectivity index (χ0) is 20.8. The number of hydrogen-bond acceptors (Lipinski definition) is 4. The second kappa shape index (κ2) is 9.58. The van der Waals surface area contributed by atoms with Crippen LogP contribution >= 0.6 is 0 Å². The number of Topliss-reactive ketones (excluding diaryl/α,β-unsaturated/α-hetero) is 1. The monoisotopic (exact) mass is 385 g/mol. The molecule has 1 amide bonds. The number of rotatable bonds is 8. The van der Waals surface area contributed by atoms with Gasteiger partial charge in [-0.3, -0.25) is 9.59 Å². The lowest BCUT2D eigenvalue weighted by atomic mass is 9.88. The first-order chi connectivity index (χ1) is 13.2. The third kappa shape index (κ3) is 5.47. The second-order valence-electron chi connectivity index (χ2n) is 7.93. The molecule has 2 rings (SSSR count). The molecular weight excluding hydrogens is 354 g/mol. The molecule has 0 radical (unpaired) electrons. The molecule has 1 aromatic carbocycles. The number of aliphatic hydroxyl groups is 1. The summed E-state index contributed by atoms with van der Waals surface area (Å²) >= 11 is 0. The topological polar surface area (TPSA) is 86.6 Å². The third-order valence-electron chi connectivity index (χ3n) is 5.17. The maximum Gasteiger partial charge on any atom is 0.259 e. The molecule has 1 heterocycles. The maximum absolute atomic E-state index is 12.7. The Labute approximate surface area is 167 Å². The van der Waals surface area contributed by atoms with Crippen LogP contribution in [0.3, 0.4) is 0 Å². The Morgan fingerprint density at radius 1 is 1.21 bits per heavy atom. The van der Waals surface area contributed by atoms with E-state index in [1.165, 1.54) is 5.57 Å². The molecule has 5 nitrogen and oxygen atoms in total. The van der Waals surface area contributed by atoms with Gasteiger partial charge in [0.05, 0.1) is 6.04 Å². The highest BCUT2D eigenvalue weighted by Gasteiger charge is 2.39. The summed E-state index contributed by atoms with van der Waals surface area (Å²) in [6.07, 6.45) is 5.16. The molecule has 1 aliphatic heterocycles. The van der Waals surface area contributed by atoms with Crippen LogP contribution in [0.15, 0.2) is 47.2 Å². The number of ketones is 1. The van der Waals surface area contributed by atoms with E-state index >= 15 is 0 Å². The molecule has 1 aliphatic rings. The summed E-state index contributed by atoms with van der Waals surface area (Å²) in [6, 6.07) is 5.83. The zero-order valence-corrected chi connectivity index (χ0v) is 17.2. The Bertz CT molecular complexity index is 776. The molecule has 28 heavy (non-hydrogen) atoms. The van der Waals surface area contributed by atoms with Crippen molar-refractivity contribution in [1.29, 1.82) is 0 Å². The number of carbonyl (C=O) groups excluding carboxylic acids is 2. The SMILES string of the molecule is CC/C=C(\C)C[C@H](C)C[C@H](C)/C(O)=C1/C(=O)N[C@@H](Cc2ccc(O)cc2)C1=O. The standard InChI is InChI=1S/C23H31NO4/c1-5-6-14(2)11-15(3)12-16(4)21(26)20-22(27)19(24-23(20)28)13-17-7-9-18(25)10-8-17/h6-10,15-16,19,25-26H,5,11-13H2,1-4H3,(H,24,28)/b14-6+,21-20-/t15-,16-,19-/m0/s1. The van der Waals surface area contributed by atoms with Crippen molar-refractivity contribution in [3.05, 3.63) is 52.8 Å². The number of amides is 1. The molecule has 5 heteroatoms. The molecule has 1 saturated heterocycles. The van der Waals surface area contributed by atoms with Crippen LogP contribution in [0.5, 0.6) is 5.75 Å². The van der Waals surface area contributed by atoms with Gasteiger partial charge in [0.15, 0.2) is 5.78 Å². The largest absolute Gasteiger partial charge is 0.511 e. The van der Waals surface area contributed by atoms with Crippen LogP contribution in [0, 0.1) is 11.8 Å². The van der Waals surface area contributed by atoms with Crippen molar-refractivity contribution in [2.75, 3.05) is 0 Å². The zero-order valence-electron chi connectivity index (χ0n) is 17.2. The fourth-order valence-electron chi connectivity index (χ4n) is 3.86. The number of aliphatic hydroxyl groups excluding tert-OH is 1. The lowest BCUT2D eigenvalue weighted by molar-refractivity contribution is -0.117. The average molecular weight is 386 g/mol. The van der Waals surface area contributed by atoms with Gasteiger partial charge in [0.2, 0.25) is 0 Å². The first-order valence-corrected chi connectivity index (χ1v) is 9.94. The number of nitrogens with one attached hydrogen (secondary N) is 1. The van der Waals surface area contributed by atoms with E-state index in [0.29, 0.717) is 18.8 Å². The van der Waals surface area contributed by atoms with E-state index in [9.17, 15) is 19.8 Å². The summed E-state index contributed by atoms with van der Waals surface area (Å²) < 4.78 is 0. The molecule has 1 aromatic rings. The molecule has 0 bridgehead atoms. The summed E-state index contributed by atoms with van der Waals surface area (Å²) in [5.41, 5.74) is 2.04. The van der Waals surface area contributed by atoms with Gasteiger partial charge in [-0.15, -0.1) is 0 Å². The summed E-state index contributed by atoms with van der Waals surface area (Å²) in [4.78, 5) is 25.1. The quantitative estimate of drug-likeness (QED) is 0.271. The van der Waals surface area contributed by atoms with Crippen molar-refractivity contribution >= 4 is 11.7 Å². The number of phenolic OH excluding ortho intramolecular Hbond substituents is 1. The lowest BCUT2D eigenvalue weighted by Gasteiger charge is -2.18. The van der Waals surface area contributed by atoms with Gasteiger partial charge < -0.3 is 15.5 Å². The Morgan fingerprint density at radius 3 is 2.46 bits per heavy atom. The van der Waals surface area contributed by atoms with Crippen molar-refractivity contribution in [2.24, 2.45) is 11.8 Å². The number of hydrogen-bond donors (Lipinski definition) is 3. The first-order valence-electron chi connectivity index (χ1n) is 9.94. The normalized spacial score (nSPS) is 21.4. The molecule has 3 N–H and O–H groups in total. The first kappa shape index (κ1) is 21.7. The van der Waals surface area contributed by atoms with E-state index in [2.05, 4.69) is 32.2 Å². The Hall–Kier alpha value is -2.56. The Morgan fingerprint density at radius 2 is 1.86 bits per heavy atom. The number of aromatic hydroxyl groups is 1. The average Bonchev–Trinajstić information content (AvgIpc) is 2.89. The molecule has 0 unspecified atom stereocenters. The predicted octanol–water partition coefficient (Wildman–Crippen LogP) is 4.22. The summed E-state index contributed by atoms with van der Waals surface area (Å²) in [6.45, 7) is 8.17. The smallest absolute Gasteiger partial charge is 0.259 e. The highest BCUT2D eigenvalue weighted by molar-refractivity contribution is 6.26. The second-order valence-corrected chi connectivity index (χ2v) is 7.93. The molecular formula is C23H31NO4. The van der Waals surface area contributed by atoms with Crippen LogP contribution in [-0.2, 0) is 16.0 Å². The van der Waals surface area contributed by atoms with Crippen LogP contribution in [0.2, 0.25) is 0 Å². The van der Waals surface area contributed by atoms with E-state index < -0.39 is 11.9 Å². The molecule has 3 atom stereocenters. The molecule has 0 saturated carbocycles. The Balaban J connectivity index is 2.07. The van der Waals surface area contributed by atoms with E-state index in [1.54, 1.807) is 24.3 Å². The number of phenols is 1. The highest BCUT2D eigenvalue weighted by atomic mass is 16.3. The fourth-order valence-corrected chi connectivity index (χ4v) is 3.86. The minimum atomic E-state index is -0.687. The van der Waals surface area contributed by atoms with E-state index in [0.717, 1.165) is 18.4 Å². The maximum atomic E-state index is 12.7. The van der Waals surface area contributed by atoms with Gasteiger partial charge in [-0.2, -0.15) is 0 Å². The molecule has 1 fully saturated rings. The van der Waals surface area contributed by atoms with Crippen molar-refractivity contribution in [1.82, 2.24) is 5.32 Å². The van der Waals surface area contributed by atoms with E-state index in [-0.39, 0.29) is 28.8 Å². The van der Waals surface area contributed by atoms with Crippen LogP contribution in [-0.4, -0.2) is 27.9 Å². The summed E-state index contributed by atoms with van der Waals surface area (Å²) in [5, 5.41) is 22.7. The van der Waals surface area contributed by atoms with Gasteiger partial charge in [0, 0.05) is 12.3 Å². The van der Waals surface area contributed by atoms with Crippen LogP contribution < -0.4 is 5.32 Å². The summed E-state index contributed by atoms with van der Waals surface area (Å²) in [7, 11) is 0. The van der Waals surface area contributed by atoms with Crippen molar-refractivity contribution in [2.45, 2.75) is 59.4 Å². The molecule has 152 valence electrons.